The van der Waals surface area contributed by atoms with Crippen LogP contribution in [0.1, 0.15) is 26.3 Å². The highest BCUT2D eigenvalue weighted by Crippen LogP contribution is 2.25. The molecule has 1 aromatic carbocycles. The lowest BCUT2D eigenvalue weighted by Gasteiger charge is -2.26. The molecule has 1 aliphatic heterocycles. The zero-order valence-electron chi connectivity index (χ0n) is 12.1. The molecule has 0 N–H and O–H groups in total. The van der Waals surface area contributed by atoms with Crippen molar-refractivity contribution in [1.82, 2.24) is 4.31 Å². The molecule has 0 radical (unpaired) electrons. The maximum atomic E-state index is 12.5. The Morgan fingerprint density at radius 2 is 1.55 bits per heavy atom. The molecule has 0 bridgehead atoms. The first-order chi connectivity index (χ1) is 9.21. The van der Waals surface area contributed by atoms with Crippen molar-refractivity contribution >= 4 is 20.8 Å². The molecule has 0 saturated carbocycles. The van der Waals surface area contributed by atoms with E-state index in [9.17, 15) is 12.6 Å². The molecule has 20 heavy (non-hydrogen) atoms. The fraction of sp³-hybridized carbons (Fsp3) is 0.571. The third-order valence-corrected chi connectivity index (χ3v) is 6.68. The number of hydrogen-bond acceptors (Lipinski definition) is 3. The largest absolute Gasteiger partial charge is 0.259 e. The van der Waals surface area contributed by atoms with E-state index < -0.39 is 20.8 Å². The van der Waals surface area contributed by atoms with Gasteiger partial charge in [-0.15, -0.1) is 0 Å². The molecular weight excluding hydrogens is 294 g/mol. The lowest BCUT2D eigenvalue weighted by Crippen LogP contribution is -2.41. The van der Waals surface area contributed by atoms with Gasteiger partial charge in [-0.2, -0.15) is 4.31 Å². The van der Waals surface area contributed by atoms with Gasteiger partial charge in [0.2, 0.25) is 10.0 Å². The van der Waals surface area contributed by atoms with Crippen LogP contribution in [0.3, 0.4) is 0 Å². The van der Waals surface area contributed by atoms with Crippen molar-refractivity contribution in [1.29, 1.82) is 0 Å². The molecule has 1 aromatic rings. The predicted molar refractivity (Wildman–Crippen MR) is 81.8 cm³/mol. The van der Waals surface area contributed by atoms with Crippen LogP contribution < -0.4 is 0 Å². The molecule has 0 spiro atoms. The van der Waals surface area contributed by atoms with E-state index in [1.807, 2.05) is 12.1 Å². The molecule has 1 aliphatic rings. The lowest BCUT2D eigenvalue weighted by molar-refractivity contribution is 0.438. The fourth-order valence-corrected chi connectivity index (χ4v) is 4.86. The minimum atomic E-state index is -3.45. The van der Waals surface area contributed by atoms with Crippen molar-refractivity contribution in [3.8, 4) is 0 Å². The Bertz CT molecular complexity index is 590. The summed E-state index contributed by atoms with van der Waals surface area (Å²) in [6, 6.07) is 7.08. The van der Waals surface area contributed by atoms with Crippen molar-refractivity contribution in [2.45, 2.75) is 31.1 Å². The molecular formula is C14H21NO3S2. The molecule has 6 heteroatoms. The van der Waals surface area contributed by atoms with E-state index in [-0.39, 0.29) is 5.41 Å². The maximum absolute atomic E-state index is 12.5. The van der Waals surface area contributed by atoms with Gasteiger partial charge in [-0.3, -0.25) is 4.21 Å². The van der Waals surface area contributed by atoms with Gasteiger partial charge in [-0.1, -0.05) is 32.9 Å². The van der Waals surface area contributed by atoms with Crippen molar-refractivity contribution in [2.75, 3.05) is 24.6 Å². The van der Waals surface area contributed by atoms with Gasteiger partial charge in [-0.05, 0) is 23.1 Å². The van der Waals surface area contributed by atoms with Crippen LogP contribution in [-0.2, 0) is 26.2 Å². The minimum Gasteiger partial charge on any atom is -0.259 e. The van der Waals surface area contributed by atoms with Crippen molar-refractivity contribution in [3.05, 3.63) is 29.8 Å². The number of hydrogen-bond donors (Lipinski definition) is 0. The normalized spacial score (nSPS) is 19.1. The SMILES string of the molecule is CC(C)(C)c1ccc(S(=O)(=O)N2CCS(=O)CC2)cc1. The van der Waals surface area contributed by atoms with Gasteiger partial charge in [0.05, 0.1) is 4.90 Å². The summed E-state index contributed by atoms with van der Waals surface area (Å²) < 4.78 is 37.7. The van der Waals surface area contributed by atoms with Gasteiger partial charge in [0.15, 0.2) is 0 Å². The highest BCUT2D eigenvalue weighted by molar-refractivity contribution is 7.89. The van der Waals surface area contributed by atoms with Crippen LogP contribution in [-0.4, -0.2) is 41.5 Å². The summed E-state index contributed by atoms with van der Waals surface area (Å²) in [4.78, 5) is 0.318. The Hall–Kier alpha value is -0.720. The maximum Gasteiger partial charge on any atom is 0.243 e. The summed E-state index contributed by atoms with van der Waals surface area (Å²) in [6.45, 7) is 6.97. The molecule has 0 atom stereocenters. The summed E-state index contributed by atoms with van der Waals surface area (Å²) in [5.41, 5.74) is 1.11. The molecule has 0 unspecified atom stereocenters. The number of rotatable bonds is 2. The molecule has 4 nitrogen and oxygen atoms in total. The summed E-state index contributed by atoms with van der Waals surface area (Å²) in [5.74, 6) is 0.860. The lowest BCUT2D eigenvalue weighted by atomic mass is 9.87. The number of benzene rings is 1. The van der Waals surface area contributed by atoms with E-state index in [0.717, 1.165) is 5.56 Å². The molecule has 2 rings (SSSR count). The summed E-state index contributed by atoms with van der Waals surface area (Å²) in [6.07, 6.45) is 0. The van der Waals surface area contributed by atoms with E-state index in [1.165, 1.54) is 4.31 Å². The van der Waals surface area contributed by atoms with E-state index >= 15 is 0 Å². The highest BCUT2D eigenvalue weighted by atomic mass is 32.2. The third-order valence-electron chi connectivity index (χ3n) is 3.49. The van der Waals surface area contributed by atoms with Gasteiger partial charge in [0, 0.05) is 35.4 Å². The van der Waals surface area contributed by atoms with Gasteiger partial charge >= 0.3 is 0 Å². The summed E-state index contributed by atoms with van der Waals surface area (Å²) >= 11 is 0. The van der Waals surface area contributed by atoms with Crippen LogP contribution in [0, 0.1) is 0 Å². The van der Waals surface area contributed by atoms with E-state index in [1.54, 1.807) is 12.1 Å². The van der Waals surface area contributed by atoms with Crippen molar-refractivity contribution in [3.63, 3.8) is 0 Å². The number of nitrogens with zero attached hydrogens (tertiary/aromatic N) is 1. The van der Waals surface area contributed by atoms with Gasteiger partial charge in [0.25, 0.3) is 0 Å². The van der Waals surface area contributed by atoms with Gasteiger partial charge in [0.1, 0.15) is 0 Å². The average molecular weight is 315 g/mol. The monoisotopic (exact) mass is 315 g/mol. The topological polar surface area (TPSA) is 54.5 Å². The molecule has 0 aromatic heterocycles. The summed E-state index contributed by atoms with van der Waals surface area (Å²) in [7, 11) is -4.32. The van der Waals surface area contributed by atoms with Crippen molar-refractivity contribution < 1.29 is 12.6 Å². The molecule has 112 valence electrons. The first-order valence-corrected chi connectivity index (χ1v) is 9.60. The molecule has 1 fully saturated rings. The van der Waals surface area contributed by atoms with E-state index in [2.05, 4.69) is 20.8 Å². The molecule has 1 saturated heterocycles. The fourth-order valence-electron chi connectivity index (χ4n) is 2.14. The molecule has 1 heterocycles. The first-order valence-electron chi connectivity index (χ1n) is 6.67. The van der Waals surface area contributed by atoms with E-state index in [4.69, 9.17) is 0 Å². The highest BCUT2D eigenvalue weighted by Gasteiger charge is 2.28. The molecule has 0 amide bonds. The van der Waals surface area contributed by atoms with Crippen LogP contribution in [0.2, 0.25) is 0 Å². The molecule has 0 aliphatic carbocycles. The standard InChI is InChI=1S/C14H21NO3S2/c1-14(2,3)12-4-6-13(7-5-12)20(17,18)15-8-10-19(16)11-9-15/h4-7H,8-11H2,1-3H3. The van der Waals surface area contributed by atoms with Crippen LogP contribution in [0.15, 0.2) is 29.2 Å². The van der Waals surface area contributed by atoms with Gasteiger partial charge < -0.3 is 0 Å². The zero-order valence-corrected chi connectivity index (χ0v) is 13.8. The Morgan fingerprint density at radius 3 is 2.00 bits per heavy atom. The Balaban J connectivity index is 2.24. The Morgan fingerprint density at radius 1 is 1.05 bits per heavy atom. The number of sulfonamides is 1. The smallest absolute Gasteiger partial charge is 0.243 e. The average Bonchev–Trinajstić information content (AvgIpc) is 2.38. The van der Waals surface area contributed by atoms with E-state index in [0.29, 0.717) is 29.5 Å². The van der Waals surface area contributed by atoms with Crippen molar-refractivity contribution in [2.24, 2.45) is 0 Å². The quantitative estimate of drug-likeness (QED) is 0.835. The van der Waals surface area contributed by atoms with Crippen LogP contribution in [0.5, 0.6) is 0 Å². The second kappa shape index (κ2) is 5.58. The summed E-state index contributed by atoms with van der Waals surface area (Å²) in [5, 5.41) is 0. The van der Waals surface area contributed by atoms with Gasteiger partial charge in [-0.25, -0.2) is 8.42 Å². The predicted octanol–water partition coefficient (Wildman–Crippen LogP) is 1.74. The van der Waals surface area contributed by atoms with Crippen LogP contribution in [0.4, 0.5) is 0 Å². The second-order valence-corrected chi connectivity index (χ2v) is 9.66. The Labute approximate surface area is 123 Å². The minimum absolute atomic E-state index is 0.00428. The van der Waals surface area contributed by atoms with Crippen LogP contribution in [0.25, 0.3) is 0 Å². The zero-order chi connectivity index (χ0) is 15.0. The third kappa shape index (κ3) is 3.30. The van der Waals surface area contributed by atoms with Crippen LogP contribution >= 0.6 is 0 Å². The Kier molecular flexibility index (Phi) is 4.37. The first kappa shape index (κ1) is 15.7. The second-order valence-electron chi connectivity index (χ2n) is 6.03.